The highest BCUT2D eigenvalue weighted by Crippen LogP contribution is 2.32. The molecule has 178 valence electrons. The molecule has 0 saturated heterocycles. The second-order valence-electron chi connectivity index (χ2n) is 8.94. The number of ether oxygens (including phenoxy) is 3. The van der Waals surface area contributed by atoms with Crippen molar-refractivity contribution in [3.05, 3.63) is 36.1 Å². The highest BCUT2D eigenvalue weighted by Gasteiger charge is 2.42. The highest BCUT2D eigenvalue weighted by molar-refractivity contribution is 5.85. The molecule has 1 rings (SSSR count). The minimum absolute atomic E-state index is 0.0275. The molecular formula is C26H44O5. The molecule has 0 radical (unpaired) electrons. The van der Waals surface area contributed by atoms with Gasteiger partial charge in [0.25, 0.3) is 0 Å². The van der Waals surface area contributed by atoms with Gasteiger partial charge in [0.05, 0.1) is 6.10 Å². The smallest absolute Gasteiger partial charge is 0.162 e. The number of hydrogen-bond donors (Lipinski definition) is 1. The van der Waals surface area contributed by atoms with Crippen molar-refractivity contribution in [2.75, 3.05) is 20.5 Å². The maximum absolute atomic E-state index is 12.6. The Morgan fingerprint density at radius 3 is 2.39 bits per heavy atom. The van der Waals surface area contributed by atoms with E-state index < -0.39 is 11.5 Å². The summed E-state index contributed by atoms with van der Waals surface area (Å²) in [6.07, 6.45) is 14.7. The summed E-state index contributed by atoms with van der Waals surface area (Å²) in [5, 5.41) is 9.77. The van der Waals surface area contributed by atoms with E-state index in [1.54, 1.807) is 6.92 Å². The first-order chi connectivity index (χ1) is 14.8. The molecule has 0 aromatic rings. The average molecular weight is 437 g/mol. The average Bonchev–Trinajstić information content (AvgIpc) is 3.02. The minimum Gasteiger partial charge on any atom is -0.490 e. The third-order valence-electron chi connectivity index (χ3n) is 6.27. The highest BCUT2D eigenvalue weighted by atomic mass is 16.7. The lowest BCUT2D eigenvalue weighted by Crippen LogP contribution is -2.48. The van der Waals surface area contributed by atoms with Crippen LogP contribution in [0.5, 0.6) is 0 Å². The second-order valence-corrected chi connectivity index (χ2v) is 8.94. The zero-order valence-electron chi connectivity index (χ0n) is 20.3. The number of Topliss-reactive ketones (excluding diaryl/α,β-unsaturated/α-hetero) is 1. The van der Waals surface area contributed by atoms with Crippen LogP contribution in [0.25, 0.3) is 0 Å². The molecule has 0 bridgehead atoms. The van der Waals surface area contributed by atoms with Crippen molar-refractivity contribution in [3.8, 4) is 0 Å². The Hall–Kier alpha value is -1.43. The van der Waals surface area contributed by atoms with Crippen molar-refractivity contribution in [2.45, 2.75) is 90.8 Å². The zero-order chi connectivity index (χ0) is 23.3. The number of carbonyl (C=O) groups is 1. The van der Waals surface area contributed by atoms with Gasteiger partial charge < -0.3 is 19.3 Å². The summed E-state index contributed by atoms with van der Waals surface area (Å²) in [6.45, 7) is 11.6. The molecule has 0 aromatic heterocycles. The van der Waals surface area contributed by atoms with Crippen LogP contribution in [0.4, 0.5) is 0 Å². The second kappa shape index (κ2) is 14.6. The summed E-state index contributed by atoms with van der Waals surface area (Å²) in [7, 11) is 1.52. The standard InChI is InChI=1S/C26H44O5/c1-7-20(2)14-15-25(31-24-12-10-8-9-11-13-24)16-21(3)17-26(23(5)28,22(4)18-27)30-19-29-6/h14-16,20,22,24,27H,3,7-13,17-19H2,1-2,4-6H3/b15-14?,25-16+. The zero-order valence-corrected chi connectivity index (χ0v) is 20.3. The number of ketones is 1. The number of rotatable bonds is 14. The predicted octanol–water partition coefficient (Wildman–Crippen LogP) is 5.74. The molecule has 0 spiro atoms. The largest absolute Gasteiger partial charge is 0.490 e. The van der Waals surface area contributed by atoms with Crippen molar-refractivity contribution in [3.63, 3.8) is 0 Å². The van der Waals surface area contributed by atoms with Gasteiger partial charge in [-0.1, -0.05) is 52.7 Å². The molecule has 3 atom stereocenters. The Kier molecular flexibility index (Phi) is 13.0. The molecule has 0 heterocycles. The van der Waals surface area contributed by atoms with E-state index in [0.29, 0.717) is 5.92 Å². The summed E-state index contributed by atoms with van der Waals surface area (Å²) in [5.41, 5.74) is -0.462. The van der Waals surface area contributed by atoms with Crippen LogP contribution in [0, 0.1) is 11.8 Å². The van der Waals surface area contributed by atoms with Crippen LogP contribution in [0.15, 0.2) is 36.1 Å². The lowest BCUT2D eigenvalue weighted by molar-refractivity contribution is -0.175. The Morgan fingerprint density at radius 2 is 1.87 bits per heavy atom. The van der Waals surface area contributed by atoms with Crippen molar-refractivity contribution in [1.29, 1.82) is 0 Å². The number of carbonyl (C=O) groups excluding carboxylic acids is 1. The Morgan fingerprint density at radius 1 is 1.23 bits per heavy atom. The van der Waals surface area contributed by atoms with E-state index in [9.17, 15) is 9.90 Å². The van der Waals surface area contributed by atoms with Gasteiger partial charge >= 0.3 is 0 Å². The number of methoxy groups -OCH3 is 1. The molecule has 31 heavy (non-hydrogen) atoms. The monoisotopic (exact) mass is 436 g/mol. The quantitative estimate of drug-likeness (QED) is 0.163. The van der Waals surface area contributed by atoms with Gasteiger partial charge in [0.2, 0.25) is 0 Å². The molecule has 1 fully saturated rings. The van der Waals surface area contributed by atoms with Crippen LogP contribution >= 0.6 is 0 Å². The third-order valence-corrected chi connectivity index (χ3v) is 6.27. The number of aliphatic hydroxyl groups excluding tert-OH is 1. The molecule has 1 saturated carbocycles. The van der Waals surface area contributed by atoms with Gasteiger partial charge in [0.1, 0.15) is 18.2 Å². The third kappa shape index (κ3) is 9.30. The van der Waals surface area contributed by atoms with Crippen molar-refractivity contribution < 1.29 is 24.1 Å². The van der Waals surface area contributed by atoms with Gasteiger partial charge in [-0.25, -0.2) is 0 Å². The van der Waals surface area contributed by atoms with Gasteiger partial charge in [0, 0.05) is 26.1 Å². The van der Waals surface area contributed by atoms with E-state index >= 15 is 0 Å². The SMILES string of the molecule is C=C(/C=C(\C=CC(C)CC)OC1CCCCCC1)CC(OCOC)(C(C)=O)C(C)CO. The molecule has 3 unspecified atom stereocenters. The predicted molar refractivity (Wildman–Crippen MR) is 126 cm³/mol. The summed E-state index contributed by atoms with van der Waals surface area (Å²) in [6, 6.07) is 0. The van der Waals surface area contributed by atoms with Gasteiger partial charge in [0.15, 0.2) is 5.78 Å². The summed E-state index contributed by atoms with van der Waals surface area (Å²) in [4.78, 5) is 12.6. The van der Waals surface area contributed by atoms with Crippen LogP contribution in [0.1, 0.15) is 79.1 Å². The normalized spacial score (nSPS) is 20.1. The van der Waals surface area contributed by atoms with Crippen molar-refractivity contribution >= 4 is 5.78 Å². The molecule has 1 aliphatic rings. The summed E-state index contributed by atoms with van der Waals surface area (Å²) < 4.78 is 17.3. The first-order valence-electron chi connectivity index (χ1n) is 11.8. The summed E-state index contributed by atoms with van der Waals surface area (Å²) in [5.74, 6) is 0.678. The van der Waals surface area contributed by atoms with Crippen LogP contribution in [0.2, 0.25) is 0 Å². The maximum Gasteiger partial charge on any atom is 0.162 e. The number of aliphatic hydroxyl groups is 1. The molecule has 1 N–H and O–H groups in total. The lowest BCUT2D eigenvalue weighted by atomic mass is 9.80. The van der Waals surface area contributed by atoms with Crippen molar-refractivity contribution in [1.82, 2.24) is 0 Å². The number of hydrogen-bond acceptors (Lipinski definition) is 5. The first kappa shape index (κ1) is 27.6. The van der Waals surface area contributed by atoms with E-state index in [2.05, 4.69) is 26.5 Å². The molecule has 5 heteroatoms. The fraction of sp³-hybridized carbons (Fsp3) is 0.731. The van der Waals surface area contributed by atoms with Crippen LogP contribution in [0.3, 0.4) is 0 Å². The van der Waals surface area contributed by atoms with Gasteiger partial charge in [-0.05, 0) is 56.3 Å². The van der Waals surface area contributed by atoms with Crippen LogP contribution in [-0.2, 0) is 19.0 Å². The fourth-order valence-electron chi connectivity index (χ4n) is 3.91. The van der Waals surface area contributed by atoms with E-state index in [1.165, 1.54) is 39.7 Å². The Bertz CT molecular complexity index is 601. The molecular weight excluding hydrogens is 392 g/mol. The fourth-order valence-corrected chi connectivity index (χ4v) is 3.91. The molecule has 5 nitrogen and oxygen atoms in total. The van der Waals surface area contributed by atoms with E-state index in [1.807, 2.05) is 12.2 Å². The van der Waals surface area contributed by atoms with Crippen molar-refractivity contribution in [2.24, 2.45) is 11.8 Å². The van der Waals surface area contributed by atoms with Gasteiger partial charge in [-0.3, -0.25) is 4.79 Å². The van der Waals surface area contributed by atoms with E-state index in [4.69, 9.17) is 14.2 Å². The molecule has 0 aliphatic heterocycles. The van der Waals surface area contributed by atoms with E-state index in [0.717, 1.165) is 30.6 Å². The van der Waals surface area contributed by atoms with Gasteiger partial charge in [-0.15, -0.1) is 0 Å². The number of allylic oxidation sites excluding steroid dienone is 3. The van der Waals surface area contributed by atoms with E-state index in [-0.39, 0.29) is 31.7 Å². The Labute approximate surface area is 189 Å². The molecule has 0 aromatic carbocycles. The minimum atomic E-state index is -1.19. The summed E-state index contributed by atoms with van der Waals surface area (Å²) >= 11 is 0. The maximum atomic E-state index is 12.6. The topological polar surface area (TPSA) is 65.0 Å². The molecule has 0 amide bonds. The molecule has 1 aliphatic carbocycles. The Balaban J connectivity index is 3.11. The van der Waals surface area contributed by atoms with Crippen LogP contribution < -0.4 is 0 Å². The first-order valence-corrected chi connectivity index (χ1v) is 11.8. The van der Waals surface area contributed by atoms with Crippen LogP contribution in [-0.4, -0.2) is 43.1 Å². The van der Waals surface area contributed by atoms with Gasteiger partial charge in [-0.2, -0.15) is 0 Å². The lowest BCUT2D eigenvalue weighted by Gasteiger charge is -2.36.